The summed E-state index contributed by atoms with van der Waals surface area (Å²) in [5.41, 5.74) is 1.86. The molecule has 2 heterocycles. The fourth-order valence-electron chi connectivity index (χ4n) is 3.42. The standard InChI is InChI=1S/C17H23N5O2/c1-12(2)10-20-11-18-19-17(20)16-5-4-8-21(16)14-6-7-15(22(23)24)13(3)9-14/h6-7,9,11-12,16H,4-5,8,10H2,1-3H3. The molecule has 1 aromatic heterocycles. The van der Waals surface area contributed by atoms with Gasteiger partial charge in [0.2, 0.25) is 0 Å². The Kier molecular flexibility index (Phi) is 4.51. The Bertz CT molecular complexity index is 740. The summed E-state index contributed by atoms with van der Waals surface area (Å²) in [6, 6.07) is 5.51. The molecule has 1 aliphatic rings. The third-order valence-corrected chi connectivity index (χ3v) is 4.47. The van der Waals surface area contributed by atoms with E-state index >= 15 is 0 Å². The van der Waals surface area contributed by atoms with Crippen LogP contribution < -0.4 is 4.90 Å². The van der Waals surface area contributed by atoms with Crippen LogP contribution in [-0.2, 0) is 6.54 Å². The van der Waals surface area contributed by atoms with Gasteiger partial charge in [-0.15, -0.1) is 10.2 Å². The smallest absolute Gasteiger partial charge is 0.272 e. The average molecular weight is 329 g/mol. The first kappa shape index (κ1) is 16.4. The number of nitrogens with zero attached hydrogens (tertiary/aromatic N) is 5. The molecule has 0 radical (unpaired) electrons. The van der Waals surface area contributed by atoms with Crippen molar-refractivity contribution in [3.8, 4) is 0 Å². The van der Waals surface area contributed by atoms with E-state index in [1.165, 1.54) is 0 Å². The van der Waals surface area contributed by atoms with Gasteiger partial charge in [-0.1, -0.05) is 13.8 Å². The molecule has 128 valence electrons. The first-order valence-electron chi connectivity index (χ1n) is 8.36. The van der Waals surface area contributed by atoms with Crippen molar-refractivity contribution in [3.63, 3.8) is 0 Å². The Balaban J connectivity index is 1.90. The van der Waals surface area contributed by atoms with E-state index in [1.54, 1.807) is 19.3 Å². The number of benzene rings is 1. The molecule has 7 heteroatoms. The summed E-state index contributed by atoms with van der Waals surface area (Å²) in [7, 11) is 0. The van der Waals surface area contributed by atoms with Crippen molar-refractivity contribution in [2.75, 3.05) is 11.4 Å². The number of nitro benzene ring substituents is 1. The molecule has 2 aromatic rings. The number of rotatable bonds is 5. The van der Waals surface area contributed by atoms with Gasteiger partial charge in [0.1, 0.15) is 6.33 Å². The molecule has 1 atom stereocenters. The Labute approximate surface area is 141 Å². The van der Waals surface area contributed by atoms with E-state index in [0.717, 1.165) is 37.4 Å². The summed E-state index contributed by atoms with van der Waals surface area (Å²) >= 11 is 0. The van der Waals surface area contributed by atoms with E-state index in [-0.39, 0.29) is 16.7 Å². The van der Waals surface area contributed by atoms with Crippen LogP contribution in [0.3, 0.4) is 0 Å². The lowest BCUT2D eigenvalue weighted by Crippen LogP contribution is -2.25. The predicted octanol–water partition coefficient (Wildman–Crippen LogP) is 3.49. The van der Waals surface area contributed by atoms with Crippen LogP contribution in [0, 0.1) is 23.0 Å². The van der Waals surface area contributed by atoms with Crippen LogP contribution in [0.5, 0.6) is 0 Å². The highest BCUT2D eigenvalue weighted by Crippen LogP contribution is 2.36. The fourth-order valence-corrected chi connectivity index (χ4v) is 3.42. The molecule has 1 unspecified atom stereocenters. The zero-order chi connectivity index (χ0) is 17.3. The van der Waals surface area contributed by atoms with Crippen LogP contribution in [0.4, 0.5) is 11.4 Å². The van der Waals surface area contributed by atoms with Gasteiger partial charge < -0.3 is 9.47 Å². The van der Waals surface area contributed by atoms with Crippen LogP contribution in [0.1, 0.15) is 44.1 Å². The third kappa shape index (κ3) is 3.11. The maximum atomic E-state index is 11.0. The summed E-state index contributed by atoms with van der Waals surface area (Å²) in [5.74, 6) is 1.51. The van der Waals surface area contributed by atoms with Gasteiger partial charge in [0.05, 0.1) is 11.0 Å². The minimum absolute atomic E-state index is 0.164. The molecule has 1 aliphatic heterocycles. The molecule has 0 saturated carbocycles. The first-order valence-corrected chi connectivity index (χ1v) is 8.36. The summed E-state index contributed by atoms with van der Waals surface area (Å²) in [4.78, 5) is 13.0. The molecule has 0 bridgehead atoms. The molecule has 0 aliphatic carbocycles. The minimum atomic E-state index is -0.333. The topological polar surface area (TPSA) is 77.1 Å². The van der Waals surface area contributed by atoms with Crippen molar-refractivity contribution in [3.05, 3.63) is 46.0 Å². The van der Waals surface area contributed by atoms with Crippen LogP contribution >= 0.6 is 0 Å². The Hall–Kier alpha value is -2.44. The zero-order valence-electron chi connectivity index (χ0n) is 14.3. The number of anilines is 1. The van der Waals surface area contributed by atoms with Crippen molar-refractivity contribution in [1.29, 1.82) is 0 Å². The number of hydrogen-bond donors (Lipinski definition) is 0. The zero-order valence-corrected chi connectivity index (χ0v) is 14.3. The fraction of sp³-hybridized carbons (Fsp3) is 0.529. The molecule has 1 fully saturated rings. The number of hydrogen-bond acceptors (Lipinski definition) is 5. The lowest BCUT2D eigenvalue weighted by atomic mass is 10.1. The van der Waals surface area contributed by atoms with Crippen molar-refractivity contribution in [2.24, 2.45) is 5.92 Å². The van der Waals surface area contributed by atoms with Gasteiger partial charge in [-0.3, -0.25) is 10.1 Å². The molecule has 7 nitrogen and oxygen atoms in total. The molecule has 0 spiro atoms. The van der Waals surface area contributed by atoms with E-state index < -0.39 is 0 Å². The highest BCUT2D eigenvalue weighted by molar-refractivity contribution is 5.56. The predicted molar refractivity (Wildman–Crippen MR) is 92.0 cm³/mol. The third-order valence-electron chi connectivity index (χ3n) is 4.47. The summed E-state index contributed by atoms with van der Waals surface area (Å²) in [6.45, 7) is 7.96. The monoisotopic (exact) mass is 329 g/mol. The van der Waals surface area contributed by atoms with Crippen LogP contribution in [0.25, 0.3) is 0 Å². The lowest BCUT2D eigenvalue weighted by molar-refractivity contribution is -0.385. The Morgan fingerprint density at radius 3 is 2.88 bits per heavy atom. The van der Waals surface area contributed by atoms with Crippen LogP contribution in [0.15, 0.2) is 24.5 Å². The van der Waals surface area contributed by atoms with Gasteiger partial charge in [-0.25, -0.2) is 0 Å². The maximum Gasteiger partial charge on any atom is 0.272 e. The minimum Gasteiger partial charge on any atom is -0.361 e. The molecule has 1 saturated heterocycles. The lowest BCUT2D eigenvalue weighted by Gasteiger charge is -2.27. The van der Waals surface area contributed by atoms with Crippen LogP contribution in [0.2, 0.25) is 0 Å². The van der Waals surface area contributed by atoms with Gasteiger partial charge in [0.25, 0.3) is 5.69 Å². The quantitative estimate of drug-likeness (QED) is 0.620. The second-order valence-electron chi connectivity index (χ2n) is 6.81. The highest BCUT2D eigenvalue weighted by Gasteiger charge is 2.30. The largest absolute Gasteiger partial charge is 0.361 e. The van der Waals surface area contributed by atoms with Gasteiger partial charge in [-0.2, -0.15) is 0 Å². The Morgan fingerprint density at radius 2 is 2.21 bits per heavy atom. The second-order valence-corrected chi connectivity index (χ2v) is 6.81. The summed E-state index contributed by atoms with van der Waals surface area (Å²) < 4.78 is 2.13. The first-order chi connectivity index (χ1) is 11.5. The summed E-state index contributed by atoms with van der Waals surface area (Å²) in [6.07, 6.45) is 3.90. The molecule has 1 aromatic carbocycles. The van der Waals surface area contributed by atoms with Gasteiger partial charge in [0, 0.05) is 30.4 Å². The van der Waals surface area contributed by atoms with Gasteiger partial charge in [0.15, 0.2) is 5.82 Å². The SMILES string of the molecule is Cc1cc(N2CCCC2c2nncn2CC(C)C)ccc1[N+](=O)[O-]. The molecule has 0 amide bonds. The number of aryl methyl sites for hydroxylation is 1. The average Bonchev–Trinajstić information content (AvgIpc) is 3.14. The summed E-state index contributed by atoms with van der Waals surface area (Å²) in [5, 5.41) is 19.5. The van der Waals surface area contributed by atoms with Crippen molar-refractivity contribution >= 4 is 11.4 Å². The van der Waals surface area contributed by atoms with Crippen LogP contribution in [-0.4, -0.2) is 26.2 Å². The second kappa shape index (κ2) is 6.59. The normalized spacial score (nSPS) is 17.7. The molecule has 3 rings (SSSR count). The van der Waals surface area contributed by atoms with Gasteiger partial charge in [-0.05, 0) is 37.8 Å². The van der Waals surface area contributed by atoms with E-state index in [2.05, 4.69) is 33.5 Å². The van der Waals surface area contributed by atoms with Crippen molar-refractivity contribution in [2.45, 2.75) is 46.2 Å². The molecular formula is C17H23N5O2. The van der Waals surface area contributed by atoms with E-state index in [4.69, 9.17) is 0 Å². The van der Waals surface area contributed by atoms with Crippen molar-refractivity contribution in [1.82, 2.24) is 14.8 Å². The highest BCUT2D eigenvalue weighted by atomic mass is 16.6. The molecule has 24 heavy (non-hydrogen) atoms. The molecular weight excluding hydrogens is 306 g/mol. The van der Waals surface area contributed by atoms with E-state index in [1.807, 2.05) is 12.1 Å². The van der Waals surface area contributed by atoms with E-state index in [9.17, 15) is 10.1 Å². The van der Waals surface area contributed by atoms with E-state index in [0.29, 0.717) is 11.5 Å². The molecule has 0 N–H and O–H groups in total. The number of aromatic nitrogens is 3. The maximum absolute atomic E-state index is 11.0. The number of nitro groups is 1. The van der Waals surface area contributed by atoms with Crippen molar-refractivity contribution < 1.29 is 4.92 Å². The Morgan fingerprint density at radius 1 is 1.42 bits per heavy atom. The van der Waals surface area contributed by atoms with Gasteiger partial charge >= 0.3 is 0 Å².